The fourth-order valence-electron chi connectivity index (χ4n) is 5.15. The number of nitrogens with zero attached hydrogens (tertiary/aromatic N) is 6. The number of nitrogens with two attached hydrogens (primary N) is 1. The van der Waals surface area contributed by atoms with Gasteiger partial charge >= 0.3 is 6.29 Å². The van der Waals surface area contributed by atoms with Crippen molar-refractivity contribution in [2.24, 2.45) is 14.1 Å². The Morgan fingerprint density at radius 2 is 1.28 bits per heavy atom. The number of aryl methyl sites for hydroxylation is 2. The van der Waals surface area contributed by atoms with Gasteiger partial charge < -0.3 is 30.0 Å². The van der Waals surface area contributed by atoms with E-state index in [9.17, 15) is 13.6 Å². The number of alkyl halides is 2. The quantitative estimate of drug-likeness (QED) is 0.150. The monoisotopic (exact) mass is 716 g/mol. The Balaban J connectivity index is 0.000000186. The second-order valence-electron chi connectivity index (χ2n) is 11.6. The SMILES string of the molecule is Cn1cc(-c2cc(Oc3cccc(N)c3)ccn2)cn1.Cn1cc(-c2cc(Oc3cccc(NC(=O)c4ccc5c(c4)OC(F)(F)O5)c3)ccn2)cn1. The molecule has 5 heterocycles. The number of rotatable bonds is 8. The second kappa shape index (κ2) is 14.5. The fraction of sp³-hybridized carbons (Fsp3) is 0.0789. The first kappa shape index (κ1) is 34.2. The number of carbonyl (C=O) groups is 1. The van der Waals surface area contributed by atoms with Crippen LogP contribution < -0.4 is 30.0 Å². The van der Waals surface area contributed by atoms with Crippen LogP contribution >= 0.6 is 0 Å². The molecule has 266 valence electrons. The van der Waals surface area contributed by atoms with Crippen molar-refractivity contribution in [1.82, 2.24) is 29.5 Å². The zero-order valence-corrected chi connectivity index (χ0v) is 28.2. The number of amides is 1. The van der Waals surface area contributed by atoms with Gasteiger partial charge in [0.25, 0.3) is 5.91 Å². The summed E-state index contributed by atoms with van der Waals surface area (Å²) in [5.41, 5.74) is 10.3. The molecule has 0 unspecified atom stereocenters. The lowest BCUT2D eigenvalue weighted by molar-refractivity contribution is -0.286. The van der Waals surface area contributed by atoms with Crippen LogP contribution in [0.4, 0.5) is 20.2 Å². The van der Waals surface area contributed by atoms with E-state index >= 15 is 0 Å². The van der Waals surface area contributed by atoms with Crippen LogP contribution in [0.25, 0.3) is 22.5 Å². The van der Waals surface area contributed by atoms with Gasteiger partial charge in [-0.3, -0.25) is 24.1 Å². The molecule has 7 aromatic rings. The van der Waals surface area contributed by atoms with Gasteiger partial charge in [0.05, 0.1) is 23.8 Å². The highest BCUT2D eigenvalue weighted by molar-refractivity contribution is 6.04. The number of carbonyl (C=O) groups excluding carboxylic acids is 1. The van der Waals surface area contributed by atoms with Crippen LogP contribution in [-0.4, -0.2) is 41.7 Å². The predicted molar refractivity (Wildman–Crippen MR) is 191 cm³/mol. The van der Waals surface area contributed by atoms with Crippen molar-refractivity contribution in [3.63, 3.8) is 0 Å². The molecular formula is C38H30F2N8O5. The third-order valence-corrected chi connectivity index (χ3v) is 7.55. The number of aromatic nitrogens is 6. The van der Waals surface area contributed by atoms with Gasteiger partial charge in [0, 0.05) is 91.2 Å². The third-order valence-electron chi connectivity index (χ3n) is 7.55. The van der Waals surface area contributed by atoms with Gasteiger partial charge in [-0.1, -0.05) is 12.1 Å². The number of ether oxygens (including phenoxy) is 4. The van der Waals surface area contributed by atoms with Gasteiger partial charge in [0.1, 0.15) is 23.0 Å². The predicted octanol–water partition coefficient (Wildman–Crippen LogP) is 7.70. The molecule has 0 radical (unpaired) electrons. The minimum absolute atomic E-state index is 0.130. The molecule has 15 heteroatoms. The van der Waals surface area contributed by atoms with Crippen molar-refractivity contribution in [3.05, 3.63) is 134 Å². The molecule has 13 nitrogen and oxygen atoms in total. The molecule has 3 N–H and O–H groups in total. The van der Waals surface area contributed by atoms with E-state index in [0.717, 1.165) is 16.8 Å². The molecule has 8 rings (SSSR count). The topological polar surface area (TPSA) is 153 Å². The lowest BCUT2D eigenvalue weighted by Gasteiger charge is -2.10. The lowest BCUT2D eigenvalue weighted by atomic mass is 10.2. The summed E-state index contributed by atoms with van der Waals surface area (Å²) >= 11 is 0. The molecule has 0 bridgehead atoms. The summed E-state index contributed by atoms with van der Waals surface area (Å²) in [7, 11) is 3.69. The van der Waals surface area contributed by atoms with Crippen LogP contribution in [0, 0.1) is 0 Å². The first-order chi connectivity index (χ1) is 25.5. The minimum atomic E-state index is -3.74. The largest absolute Gasteiger partial charge is 0.586 e. The van der Waals surface area contributed by atoms with E-state index in [0.29, 0.717) is 40.1 Å². The molecule has 1 aliphatic rings. The Labute approximate surface area is 301 Å². The van der Waals surface area contributed by atoms with Gasteiger partial charge in [-0.2, -0.15) is 10.2 Å². The summed E-state index contributed by atoms with van der Waals surface area (Å²) in [6.45, 7) is 0. The molecule has 0 saturated heterocycles. The van der Waals surface area contributed by atoms with E-state index in [1.807, 2.05) is 56.8 Å². The van der Waals surface area contributed by atoms with Gasteiger partial charge in [-0.25, -0.2) is 0 Å². The maximum Gasteiger partial charge on any atom is 0.586 e. The maximum atomic E-state index is 13.2. The van der Waals surface area contributed by atoms with E-state index in [1.54, 1.807) is 76.6 Å². The van der Waals surface area contributed by atoms with Crippen molar-refractivity contribution < 1.29 is 32.5 Å². The van der Waals surface area contributed by atoms with E-state index in [4.69, 9.17) is 15.2 Å². The molecular weight excluding hydrogens is 686 g/mol. The standard InChI is InChI=1S/C23H16F2N4O4.C15H14N4O/c1-29-13-15(12-27-29)19-11-18(7-8-26-19)31-17-4-2-3-16(10-17)28-22(30)14-5-6-20-21(9-14)33-23(24,25)32-20;1-19-10-11(9-18-19)15-8-14(5-6-17-15)20-13-4-2-3-12(16)7-13/h2-13H,1H3,(H,28,30);2-10H,16H2,1H3. The molecule has 4 aromatic heterocycles. The number of anilines is 2. The summed E-state index contributed by atoms with van der Waals surface area (Å²) in [5.74, 6) is 1.63. The Kier molecular flexibility index (Phi) is 9.36. The zero-order valence-electron chi connectivity index (χ0n) is 28.2. The van der Waals surface area contributed by atoms with Gasteiger partial charge in [0.2, 0.25) is 0 Å². The average molecular weight is 717 g/mol. The smallest absolute Gasteiger partial charge is 0.457 e. The number of nitrogen functional groups attached to an aromatic ring is 1. The zero-order chi connectivity index (χ0) is 37.0. The summed E-state index contributed by atoms with van der Waals surface area (Å²) in [4.78, 5) is 21.3. The van der Waals surface area contributed by atoms with Crippen LogP contribution in [0.3, 0.4) is 0 Å². The Bertz CT molecular complexity index is 2410. The molecule has 0 atom stereocenters. The van der Waals surface area contributed by atoms with E-state index in [1.165, 1.54) is 18.2 Å². The van der Waals surface area contributed by atoms with Gasteiger partial charge in [-0.15, -0.1) is 8.78 Å². The fourth-order valence-corrected chi connectivity index (χ4v) is 5.15. The summed E-state index contributed by atoms with van der Waals surface area (Å²) in [5, 5.41) is 11.0. The first-order valence-electron chi connectivity index (χ1n) is 16.0. The minimum Gasteiger partial charge on any atom is -0.457 e. The summed E-state index contributed by atoms with van der Waals surface area (Å²) in [6.07, 6.45) is 6.83. The second-order valence-corrected chi connectivity index (χ2v) is 11.6. The maximum absolute atomic E-state index is 13.2. The van der Waals surface area contributed by atoms with Crippen molar-refractivity contribution in [1.29, 1.82) is 0 Å². The first-order valence-corrected chi connectivity index (χ1v) is 16.0. The molecule has 1 amide bonds. The van der Waals surface area contributed by atoms with Gasteiger partial charge in [0.15, 0.2) is 11.5 Å². The highest BCUT2D eigenvalue weighted by Crippen LogP contribution is 2.41. The Morgan fingerprint density at radius 3 is 1.87 bits per heavy atom. The number of fused-ring (bicyclic) bond motifs is 1. The molecule has 0 fully saturated rings. The van der Waals surface area contributed by atoms with Gasteiger partial charge in [-0.05, 0) is 54.6 Å². The number of halogens is 2. The number of benzene rings is 3. The van der Waals surface area contributed by atoms with Crippen molar-refractivity contribution >= 4 is 17.3 Å². The number of pyridine rings is 2. The van der Waals surface area contributed by atoms with Crippen molar-refractivity contribution in [2.75, 3.05) is 11.1 Å². The van der Waals surface area contributed by atoms with E-state index in [2.05, 4.69) is 35.0 Å². The molecule has 53 heavy (non-hydrogen) atoms. The van der Waals surface area contributed by atoms with Crippen molar-refractivity contribution in [3.8, 4) is 57.0 Å². The van der Waals surface area contributed by atoms with Crippen LogP contribution in [-0.2, 0) is 14.1 Å². The molecule has 0 aliphatic carbocycles. The molecule has 1 aliphatic heterocycles. The average Bonchev–Trinajstić information content (AvgIpc) is 3.85. The highest BCUT2D eigenvalue weighted by Gasteiger charge is 2.43. The van der Waals surface area contributed by atoms with E-state index < -0.39 is 12.2 Å². The van der Waals surface area contributed by atoms with Crippen LogP contribution in [0.15, 0.2) is 128 Å². The van der Waals surface area contributed by atoms with Crippen LogP contribution in [0.5, 0.6) is 34.5 Å². The van der Waals surface area contributed by atoms with E-state index in [-0.39, 0.29) is 17.1 Å². The molecule has 3 aromatic carbocycles. The molecule has 0 spiro atoms. The van der Waals surface area contributed by atoms with Crippen LogP contribution in [0.1, 0.15) is 10.4 Å². The lowest BCUT2D eigenvalue weighted by Crippen LogP contribution is -2.25. The number of hydrogen-bond acceptors (Lipinski definition) is 10. The Morgan fingerprint density at radius 1 is 0.717 bits per heavy atom. The summed E-state index contributed by atoms with van der Waals surface area (Å²) < 4.78 is 50.3. The normalized spacial score (nSPS) is 12.4. The molecule has 0 saturated carbocycles. The number of hydrogen-bond donors (Lipinski definition) is 2. The highest BCUT2D eigenvalue weighted by atomic mass is 19.3. The van der Waals surface area contributed by atoms with Crippen molar-refractivity contribution in [2.45, 2.75) is 6.29 Å². The third kappa shape index (κ3) is 8.54. The summed E-state index contributed by atoms with van der Waals surface area (Å²) in [6, 6.07) is 25.1. The Hall–Kier alpha value is -7.29. The van der Waals surface area contributed by atoms with Crippen LogP contribution in [0.2, 0.25) is 0 Å². The number of nitrogens with one attached hydrogen (secondary N) is 1.